The fraction of sp³-hybridized carbons (Fsp3) is 0.0556. The Labute approximate surface area is 136 Å². The highest BCUT2D eigenvalue weighted by molar-refractivity contribution is 9.10. The molecule has 0 saturated carbocycles. The molecule has 0 heterocycles. The molecule has 3 aromatic carbocycles. The van der Waals surface area contributed by atoms with E-state index in [0.29, 0.717) is 17.0 Å². The van der Waals surface area contributed by atoms with E-state index in [0.717, 1.165) is 15.4 Å². The molecule has 0 aromatic heterocycles. The molecular formula is C18H12BrClO. The average Bonchev–Trinajstić information content (AvgIpc) is 2.46. The van der Waals surface area contributed by atoms with Crippen molar-refractivity contribution in [1.29, 1.82) is 0 Å². The third kappa shape index (κ3) is 3.34. The van der Waals surface area contributed by atoms with Gasteiger partial charge in [0.2, 0.25) is 0 Å². The molecule has 0 N–H and O–H groups in total. The van der Waals surface area contributed by atoms with Crippen molar-refractivity contribution in [2.45, 2.75) is 6.42 Å². The summed E-state index contributed by atoms with van der Waals surface area (Å²) in [5, 5.41) is 2.89. The topological polar surface area (TPSA) is 17.1 Å². The molecule has 0 atom stereocenters. The van der Waals surface area contributed by atoms with E-state index >= 15 is 0 Å². The Morgan fingerprint density at radius 1 is 0.952 bits per heavy atom. The first-order valence-electron chi connectivity index (χ1n) is 6.59. The molecule has 0 aliphatic heterocycles. The molecule has 0 bridgehead atoms. The van der Waals surface area contributed by atoms with Crippen LogP contribution in [0.5, 0.6) is 0 Å². The van der Waals surface area contributed by atoms with Crippen molar-refractivity contribution in [3.8, 4) is 0 Å². The van der Waals surface area contributed by atoms with Gasteiger partial charge in [0.25, 0.3) is 0 Å². The minimum Gasteiger partial charge on any atom is -0.294 e. The number of carbonyl (C=O) groups excluding carboxylic acids is 1. The van der Waals surface area contributed by atoms with Gasteiger partial charge in [-0.05, 0) is 34.5 Å². The first kappa shape index (κ1) is 14.3. The Hall–Kier alpha value is -1.64. The summed E-state index contributed by atoms with van der Waals surface area (Å²) in [7, 11) is 0. The lowest BCUT2D eigenvalue weighted by Gasteiger charge is -2.05. The maximum atomic E-state index is 12.4. The van der Waals surface area contributed by atoms with E-state index in [9.17, 15) is 4.79 Å². The van der Waals surface area contributed by atoms with E-state index in [-0.39, 0.29) is 5.78 Å². The van der Waals surface area contributed by atoms with Crippen LogP contribution in [-0.2, 0) is 6.42 Å². The molecular weight excluding hydrogens is 348 g/mol. The Balaban J connectivity index is 1.88. The predicted octanol–water partition coefficient (Wildman–Crippen LogP) is 5.68. The van der Waals surface area contributed by atoms with Crippen LogP contribution in [0.2, 0.25) is 5.02 Å². The number of carbonyl (C=O) groups is 1. The molecule has 0 amide bonds. The maximum Gasteiger partial charge on any atom is 0.167 e. The largest absolute Gasteiger partial charge is 0.294 e. The lowest BCUT2D eigenvalue weighted by Crippen LogP contribution is -2.03. The third-order valence-electron chi connectivity index (χ3n) is 3.36. The first-order chi connectivity index (χ1) is 10.1. The highest BCUT2D eigenvalue weighted by Crippen LogP contribution is 2.22. The van der Waals surface area contributed by atoms with Crippen molar-refractivity contribution in [2.75, 3.05) is 0 Å². The molecule has 0 aliphatic rings. The normalized spacial score (nSPS) is 10.8. The molecule has 3 aromatic rings. The van der Waals surface area contributed by atoms with Gasteiger partial charge in [0, 0.05) is 21.5 Å². The number of ketones is 1. The van der Waals surface area contributed by atoms with Gasteiger partial charge in [-0.1, -0.05) is 70.0 Å². The molecule has 0 unspecified atom stereocenters. The van der Waals surface area contributed by atoms with Gasteiger partial charge in [0.1, 0.15) is 0 Å². The van der Waals surface area contributed by atoms with Gasteiger partial charge >= 0.3 is 0 Å². The molecule has 1 nitrogen and oxygen atoms in total. The quantitative estimate of drug-likeness (QED) is 0.550. The average molecular weight is 360 g/mol. The van der Waals surface area contributed by atoms with Gasteiger partial charge in [-0.3, -0.25) is 4.79 Å². The van der Waals surface area contributed by atoms with E-state index < -0.39 is 0 Å². The summed E-state index contributed by atoms with van der Waals surface area (Å²) in [6.07, 6.45) is 0.373. The van der Waals surface area contributed by atoms with Crippen molar-refractivity contribution >= 4 is 44.1 Å². The van der Waals surface area contributed by atoms with Crippen LogP contribution in [0.1, 0.15) is 15.9 Å². The standard InChI is InChI=1S/C18H12BrClO/c19-16-9-15(10-17(20)11-16)18(21)8-12-5-6-13-3-1-2-4-14(13)7-12/h1-7,9-11H,8H2. The van der Waals surface area contributed by atoms with Crippen LogP contribution in [0.15, 0.2) is 65.1 Å². The zero-order chi connectivity index (χ0) is 14.8. The fourth-order valence-corrected chi connectivity index (χ4v) is 3.21. The van der Waals surface area contributed by atoms with Crippen LogP contribution in [0.3, 0.4) is 0 Å². The van der Waals surface area contributed by atoms with Crippen LogP contribution in [-0.4, -0.2) is 5.78 Å². The highest BCUT2D eigenvalue weighted by Gasteiger charge is 2.09. The molecule has 21 heavy (non-hydrogen) atoms. The van der Waals surface area contributed by atoms with E-state index in [2.05, 4.69) is 34.1 Å². The third-order valence-corrected chi connectivity index (χ3v) is 4.04. The van der Waals surface area contributed by atoms with Crippen LogP contribution >= 0.6 is 27.5 Å². The lowest BCUT2D eigenvalue weighted by molar-refractivity contribution is 0.0993. The van der Waals surface area contributed by atoms with E-state index in [1.54, 1.807) is 18.2 Å². The lowest BCUT2D eigenvalue weighted by atomic mass is 10.0. The summed E-state index contributed by atoms with van der Waals surface area (Å²) in [6, 6.07) is 19.5. The molecule has 3 rings (SSSR count). The number of hydrogen-bond acceptors (Lipinski definition) is 1. The van der Waals surface area contributed by atoms with E-state index in [4.69, 9.17) is 11.6 Å². The van der Waals surface area contributed by atoms with Crippen LogP contribution in [0, 0.1) is 0 Å². The van der Waals surface area contributed by atoms with Gasteiger partial charge in [-0.2, -0.15) is 0 Å². The van der Waals surface area contributed by atoms with Gasteiger partial charge in [-0.15, -0.1) is 0 Å². The predicted molar refractivity (Wildman–Crippen MR) is 91.1 cm³/mol. The van der Waals surface area contributed by atoms with E-state index in [1.807, 2.05) is 24.3 Å². The maximum absolute atomic E-state index is 12.4. The number of hydrogen-bond donors (Lipinski definition) is 0. The summed E-state index contributed by atoms with van der Waals surface area (Å²) < 4.78 is 0.817. The molecule has 3 heteroatoms. The second-order valence-corrected chi connectivity index (χ2v) is 6.29. The Bertz CT molecular complexity index is 806. The Morgan fingerprint density at radius 3 is 2.48 bits per heavy atom. The molecule has 0 aliphatic carbocycles. The van der Waals surface area contributed by atoms with Crippen molar-refractivity contribution in [1.82, 2.24) is 0 Å². The molecule has 0 spiro atoms. The summed E-state index contributed by atoms with van der Waals surface area (Å²) in [5.74, 6) is 0.0634. The second-order valence-electron chi connectivity index (χ2n) is 4.94. The summed E-state index contributed by atoms with van der Waals surface area (Å²) in [4.78, 5) is 12.4. The summed E-state index contributed by atoms with van der Waals surface area (Å²) >= 11 is 9.36. The second kappa shape index (κ2) is 6.00. The van der Waals surface area contributed by atoms with Crippen molar-refractivity contribution in [3.63, 3.8) is 0 Å². The SMILES string of the molecule is O=C(Cc1ccc2ccccc2c1)c1cc(Cl)cc(Br)c1. The monoisotopic (exact) mass is 358 g/mol. The molecule has 0 saturated heterocycles. The van der Waals surface area contributed by atoms with Gasteiger partial charge in [-0.25, -0.2) is 0 Å². The highest BCUT2D eigenvalue weighted by atomic mass is 79.9. The van der Waals surface area contributed by atoms with Gasteiger partial charge < -0.3 is 0 Å². The first-order valence-corrected chi connectivity index (χ1v) is 7.76. The zero-order valence-electron chi connectivity index (χ0n) is 11.1. The molecule has 104 valence electrons. The molecule has 0 fully saturated rings. The number of Topliss-reactive ketones (excluding diaryl/α,β-unsaturated/α-hetero) is 1. The van der Waals surface area contributed by atoms with Crippen LogP contribution in [0.4, 0.5) is 0 Å². The number of rotatable bonds is 3. The van der Waals surface area contributed by atoms with Crippen molar-refractivity contribution in [3.05, 3.63) is 81.3 Å². The zero-order valence-corrected chi connectivity index (χ0v) is 13.5. The van der Waals surface area contributed by atoms with E-state index in [1.165, 1.54) is 5.39 Å². The van der Waals surface area contributed by atoms with Gasteiger partial charge in [0.15, 0.2) is 5.78 Å². The Kier molecular flexibility index (Phi) is 4.09. The van der Waals surface area contributed by atoms with Gasteiger partial charge in [0.05, 0.1) is 0 Å². The fourth-order valence-electron chi connectivity index (χ4n) is 2.35. The smallest absolute Gasteiger partial charge is 0.167 e. The van der Waals surface area contributed by atoms with Crippen molar-refractivity contribution < 1.29 is 4.79 Å². The minimum absolute atomic E-state index is 0.0634. The summed E-state index contributed by atoms with van der Waals surface area (Å²) in [5.41, 5.74) is 1.64. The number of halogens is 2. The number of fused-ring (bicyclic) bond motifs is 1. The van der Waals surface area contributed by atoms with Crippen LogP contribution in [0.25, 0.3) is 10.8 Å². The number of benzene rings is 3. The molecule has 0 radical (unpaired) electrons. The summed E-state index contributed by atoms with van der Waals surface area (Å²) in [6.45, 7) is 0. The minimum atomic E-state index is 0.0634. The van der Waals surface area contributed by atoms with Crippen LogP contribution < -0.4 is 0 Å². The Morgan fingerprint density at radius 2 is 1.71 bits per heavy atom. The van der Waals surface area contributed by atoms with Crippen molar-refractivity contribution in [2.24, 2.45) is 0 Å².